The van der Waals surface area contributed by atoms with Crippen LogP contribution in [0.4, 0.5) is 0 Å². The molecule has 1 heterocycles. The monoisotopic (exact) mass is 308 g/mol. The third-order valence-corrected chi connectivity index (χ3v) is 4.67. The van der Waals surface area contributed by atoms with E-state index in [1.807, 2.05) is 0 Å². The number of benzene rings is 1. The van der Waals surface area contributed by atoms with E-state index in [4.69, 9.17) is 0 Å². The van der Waals surface area contributed by atoms with E-state index in [1.165, 1.54) is 36.0 Å². The highest BCUT2D eigenvalue weighted by Gasteiger charge is 2.32. The summed E-state index contributed by atoms with van der Waals surface area (Å²) >= 11 is 3.58. The van der Waals surface area contributed by atoms with Gasteiger partial charge in [-0.3, -0.25) is 4.90 Å². The Morgan fingerprint density at radius 3 is 2.67 bits per heavy atom. The molecule has 1 aromatic rings. The first kappa shape index (κ1) is 12.6. The molecule has 1 fully saturated rings. The molecular weight excluding hydrogens is 288 g/mol. The first-order chi connectivity index (χ1) is 8.63. The number of fused-ring (bicyclic) bond motifs is 1. The minimum atomic E-state index is 0.605. The largest absolute Gasteiger partial charge is 0.309 e. The zero-order valence-electron chi connectivity index (χ0n) is 11.1. The van der Waals surface area contributed by atoms with Gasteiger partial charge in [-0.1, -0.05) is 22.0 Å². The maximum atomic E-state index is 3.62. The van der Waals surface area contributed by atoms with Crippen molar-refractivity contribution in [1.29, 1.82) is 0 Å². The smallest absolute Gasteiger partial charge is 0.0355 e. The van der Waals surface area contributed by atoms with Gasteiger partial charge in [-0.2, -0.15) is 0 Å². The van der Waals surface area contributed by atoms with E-state index in [0.717, 1.165) is 0 Å². The summed E-state index contributed by atoms with van der Waals surface area (Å²) in [5, 5.41) is 3.62. The van der Waals surface area contributed by atoms with Crippen LogP contribution in [0.5, 0.6) is 0 Å². The van der Waals surface area contributed by atoms with E-state index in [-0.39, 0.29) is 0 Å². The molecule has 1 aliphatic carbocycles. The molecule has 3 atom stereocenters. The molecule has 0 bridgehead atoms. The summed E-state index contributed by atoms with van der Waals surface area (Å²) in [6, 6.07) is 8.65. The summed E-state index contributed by atoms with van der Waals surface area (Å²) in [4.78, 5) is 2.67. The third-order valence-electron chi connectivity index (χ3n) is 4.18. The Labute approximate surface area is 118 Å². The first-order valence-electron chi connectivity index (χ1n) is 6.92. The van der Waals surface area contributed by atoms with Crippen LogP contribution in [0.1, 0.15) is 37.4 Å². The van der Waals surface area contributed by atoms with Crippen molar-refractivity contribution in [2.45, 2.75) is 44.8 Å². The second-order valence-corrected chi connectivity index (χ2v) is 6.74. The summed E-state index contributed by atoms with van der Waals surface area (Å²) in [7, 11) is 0. The van der Waals surface area contributed by atoms with E-state index in [0.29, 0.717) is 18.1 Å². The molecule has 2 nitrogen and oxygen atoms in total. The summed E-state index contributed by atoms with van der Waals surface area (Å²) in [6.07, 6.45) is 2.51. The van der Waals surface area contributed by atoms with Gasteiger partial charge < -0.3 is 5.32 Å². The normalized spacial score (nSPS) is 32.5. The Morgan fingerprint density at radius 1 is 1.22 bits per heavy atom. The van der Waals surface area contributed by atoms with Crippen molar-refractivity contribution in [3.05, 3.63) is 33.8 Å². The molecule has 1 saturated heterocycles. The predicted molar refractivity (Wildman–Crippen MR) is 78.8 cm³/mol. The second-order valence-electron chi connectivity index (χ2n) is 5.82. The molecule has 0 radical (unpaired) electrons. The van der Waals surface area contributed by atoms with E-state index in [1.54, 1.807) is 5.56 Å². The van der Waals surface area contributed by atoms with Gasteiger partial charge in [-0.15, -0.1) is 0 Å². The van der Waals surface area contributed by atoms with Crippen LogP contribution in [0.15, 0.2) is 22.7 Å². The molecule has 2 aliphatic rings. The topological polar surface area (TPSA) is 15.3 Å². The highest BCUT2D eigenvalue weighted by molar-refractivity contribution is 9.10. The molecule has 0 amide bonds. The molecular formula is C15H21BrN2. The van der Waals surface area contributed by atoms with Crippen molar-refractivity contribution in [2.75, 3.05) is 13.1 Å². The number of hydrogen-bond acceptors (Lipinski definition) is 2. The van der Waals surface area contributed by atoms with Crippen molar-refractivity contribution in [3.63, 3.8) is 0 Å². The standard InChI is InChI=1S/C15H21BrN2/c1-10-8-18(9-11(2)17-10)15-6-3-12-7-13(16)4-5-14(12)15/h4-5,7,10-11,15,17H,3,6,8-9H2,1-2H3. The molecule has 1 aromatic carbocycles. The van der Waals surface area contributed by atoms with Crippen LogP contribution in [0.3, 0.4) is 0 Å². The van der Waals surface area contributed by atoms with E-state index in [2.05, 4.69) is 58.2 Å². The SMILES string of the molecule is CC1CN(C2CCc3cc(Br)ccc32)CC(C)N1. The number of aryl methyl sites for hydroxylation is 1. The fourth-order valence-electron chi connectivity index (χ4n) is 3.57. The number of piperazine rings is 1. The van der Waals surface area contributed by atoms with Crippen LogP contribution in [0.25, 0.3) is 0 Å². The predicted octanol–water partition coefficient (Wildman–Crippen LogP) is 3.12. The minimum Gasteiger partial charge on any atom is -0.309 e. The lowest BCUT2D eigenvalue weighted by atomic mass is 10.0. The molecule has 0 aromatic heterocycles. The van der Waals surface area contributed by atoms with Gasteiger partial charge in [0.1, 0.15) is 0 Å². The van der Waals surface area contributed by atoms with E-state index >= 15 is 0 Å². The van der Waals surface area contributed by atoms with Crippen molar-refractivity contribution >= 4 is 15.9 Å². The van der Waals surface area contributed by atoms with Gasteiger partial charge in [-0.25, -0.2) is 0 Å². The Hall–Kier alpha value is -0.380. The van der Waals surface area contributed by atoms with Gasteiger partial charge in [-0.05, 0) is 49.9 Å². The molecule has 3 heteroatoms. The first-order valence-corrected chi connectivity index (χ1v) is 7.71. The molecule has 3 rings (SSSR count). The van der Waals surface area contributed by atoms with Gasteiger partial charge in [0, 0.05) is 35.7 Å². The summed E-state index contributed by atoms with van der Waals surface area (Å²) in [6.45, 7) is 6.93. The Morgan fingerprint density at radius 2 is 1.94 bits per heavy atom. The summed E-state index contributed by atoms with van der Waals surface area (Å²) in [5.41, 5.74) is 3.09. The zero-order valence-corrected chi connectivity index (χ0v) is 12.7. The third kappa shape index (κ3) is 2.36. The molecule has 0 saturated carbocycles. The van der Waals surface area contributed by atoms with Crippen LogP contribution in [0.2, 0.25) is 0 Å². The van der Waals surface area contributed by atoms with Crippen molar-refractivity contribution in [1.82, 2.24) is 10.2 Å². The van der Waals surface area contributed by atoms with Gasteiger partial charge in [0.2, 0.25) is 0 Å². The fourth-order valence-corrected chi connectivity index (χ4v) is 3.98. The quantitative estimate of drug-likeness (QED) is 0.857. The summed E-state index contributed by atoms with van der Waals surface area (Å²) in [5.74, 6) is 0. The molecule has 18 heavy (non-hydrogen) atoms. The lowest BCUT2D eigenvalue weighted by molar-refractivity contribution is 0.122. The molecule has 0 spiro atoms. The Balaban J connectivity index is 1.83. The summed E-state index contributed by atoms with van der Waals surface area (Å²) < 4.78 is 1.21. The van der Waals surface area contributed by atoms with Crippen molar-refractivity contribution in [3.8, 4) is 0 Å². The van der Waals surface area contributed by atoms with Gasteiger partial charge in [0.25, 0.3) is 0 Å². The molecule has 1 aliphatic heterocycles. The number of nitrogens with zero attached hydrogens (tertiary/aromatic N) is 1. The van der Waals surface area contributed by atoms with Crippen LogP contribution in [-0.2, 0) is 6.42 Å². The van der Waals surface area contributed by atoms with Crippen molar-refractivity contribution < 1.29 is 0 Å². The number of halogens is 1. The van der Waals surface area contributed by atoms with Crippen LogP contribution in [-0.4, -0.2) is 30.1 Å². The van der Waals surface area contributed by atoms with Crippen LogP contribution >= 0.6 is 15.9 Å². The van der Waals surface area contributed by atoms with Gasteiger partial charge >= 0.3 is 0 Å². The second kappa shape index (κ2) is 4.95. The average Bonchev–Trinajstić information content (AvgIpc) is 2.70. The number of nitrogens with one attached hydrogen (secondary N) is 1. The maximum Gasteiger partial charge on any atom is 0.0355 e. The average molecular weight is 309 g/mol. The molecule has 3 unspecified atom stereocenters. The number of rotatable bonds is 1. The van der Waals surface area contributed by atoms with Gasteiger partial charge in [0.15, 0.2) is 0 Å². The van der Waals surface area contributed by atoms with Crippen molar-refractivity contribution in [2.24, 2.45) is 0 Å². The van der Waals surface area contributed by atoms with Crippen LogP contribution < -0.4 is 5.32 Å². The Kier molecular flexibility index (Phi) is 3.48. The lowest BCUT2D eigenvalue weighted by Crippen LogP contribution is -2.54. The maximum absolute atomic E-state index is 3.62. The van der Waals surface area contributed by atoms with E-state index in [9.17, 15) is 0 Å². The highest BCUT2D eigenvalue weighted by Crippen LogP contribution is 2.37. The molecule has 1 N–H and O–H groups in total. The van der Waals surface area contributed by atoms with Crippen LogP contribution in [0, 0.1) is 0 Å². The fraction of sp³-hybridized carbons (Fsp3) is 0.600. The highest BCUT2D eigenvalue weighted by atomic mass is 79.9. The number of hydrogen-bond donors (Lipinski definition) is 1. The molecule has 98 valence electrons. The minimum absolute atomic E-state index is 0.605. The Bertz CT molecular complexity index is 436. The lowest BCUT2D eigenvalue weighted by Gasteiger charge is -2.40. The van der Waals surface area contributed by atoms with E-state index < -0.39 is 0 Å². The zero-order chi connectivity index (χ0) is 12.7. The van der Waals surface area contributed by atoms with Gasteiger partial charge in [0.05, 0.1) is 0 Å².